The molecule has 2 atom stereocenters. The van der Waals surface area contributed by atoms with E-state index in [0.29, 0.717) is 12.8 Å². The van der Waals surface area contributed by atoms with Gasteiger partial charge in [0.15, 0.2) is 6.29 Å². The van der Waals surface area contributed by atoms with Gasteiger partial charge in [0.2, 0.25) is 0 Å². The van der Waals surface area contributed by atoms with Gasteiger partial charge in [-0.25, -0.2) is 0 Å². The maximum Gasteiger partial charge on any atom is 0.166 e. The minimum absolute atomic E-state index is 0.158. The van der Waals surface area contributed by atoms with Crippen molar-refractivity contribution in [3.8, 4) is 0 Å². The molecule has 1 rings (SSSR count). The molecule has 0 radical (unpaired) electrons. The van der Waals surface area contributed by atoms with Gasteiger partial charge in [-0.3, -0.25) is 4.79 Å². The quantitative estimate of drug-likeness (QED) is 0.638. The number of carbonyl (C=O) groups excluding carboxylic acids is 1. The van der Waals surface area contributed by atoms with E-state index in [1.165, 1.54) is 0 Å². The molecular weight excluding hydrogens is 184 g/mol. The van der Waals surface area contributed by atoms with Gasteiger partial charge in [-0.2, -0.15) is 0 Å². The lowest BCUT2D eigenvalue weighted by Gasteiger charge is -2.31. The van der Waals surface area contributed by atoms with Crippen molar-refractivity contribution < 1.29 is 19.0 Å². The molecule has 0 bridgehead atoms. The number of Topliss-reactive ketones (excluding diaryl/α,β-unsaturated/α-hetero) is 1. The Morgan fingerprint density at radius 1 is 1.29 bits per heavy atom. The van der Waals surface area contributed by atoms with Gasteiger partial charge in [0.1, 0.15) is 5.78 Å². The highest BCUT2D eigenvalue weighted by Gasteiger charge is 2.34. The first-order valence-electron chi connectivity index (χ1n) is 4.84. The largest absolute Gasteiger partial charge is 0.381 e. The Balaban J connectivity index is 2.59. The van der Waals surface area contributed by atoms with Crippen molar-refractivity contribution in [3.63, 3.8) is 0 Å². The van der Waals surface area contributed by atoms with E-state index in [2.05, 4.69) is 0 Å². The van der Waals surface area contributed by atoms with Crippen LogP contribution in [0.25, 0.3) is 0 Å². The predicted octanol–water partition coefficient (Wildman–Crippen LogP) is 0.989. The minimum atomic E-state index is -0.430. The van der Waals surface area contributed by atoms with Crippen molar-refractivity contribution in [2.75, 3.05) is 21.3 Å². The summed E-state index contributed by atoms with van der Waals surface area (Å²) >= 11 is 0. The molecule has 4 nitrogen and oxygen atoms in total. The third kappa shape index (κ3) is 2.53. The van der Waals surface area contributed by atoms with Crippen LogP contribution in [0.3, 0.4) is 0 Å². The number of ketones is 1. The molecule has 0 heterocycles. The molecule has 0 aromatic rings. The molecule has 0 unspecified atom stereocenters. The molecule has 14 heavy (non-hydrogen) atoms. The van der Waals surface area contributed by atoms with Gasteiger partial charge < -0.3 is 14.2 Å². The minimum Gasteiger partial charge on any atom is -0.381 e. The lowest BCUT2D eigenvalue weighted by Crippen LogP contribution is -2.38. The van der Waals surface area contributed by atoms with Crippen LogP contribution in [0, 0.1) is 5.92 Å². The zero-order valence-corrected chi connectivity index (χ0v) is 8.99. The summed E-state index contributed by atoms with van der Waals surface area (Å²) in [5.41, 5.74) is 0. The third-order valence-corrected chi connectivity index (χ3v) is 2.77. The summed E-state index contributed by atoms with van der Waals surface area (Å²) in [4.78, 5) is 11.6. The van der Waals surface area contributed by atoms with Crippen molar-refractivity contribution in [3.05, 3.63) is 0 Å². The van der Waals surface area contributed by atoms with Crippen LogP contribution in [0.1, 0.15) is 19.3 Å². The van der Waals surface area contributed by atoms with E-state index < -0.39 is 6.29 Å². The summed E-state index contributed by atoms with van der Waals surface area (Å²) in [5, 5.41) is 0. The Morgan fingerprint density at radius 3 is 2.43 bits per heavy atom. The first-order chi connectivity index (χ1) is 6.72. The zero-order chi connectivity index (χ0) is 10.6. The molecule has 1 aliphatic rings. The van der Waals surface area contributed by atoms with E-state index in [9.17, 15) is 4.79 Å². The molecule has 0 saturated heterocycles. The predicted molar refractivity (Wildman–Crippen MR) is 51.0 cm³/mol. The number of hydrogen-bond acceptors (Lipinski definition) is 4. The van der Waals surface area contributed by atoms with Crippen molar-refractivity contribution in [1.29, 1.82) is 0 Å². The zero-order valence-electron chi connectivity index (χ0n) is 8.99. The summed E-state index contributed by atoms with van der Waals surface area (Å²) in [6, 6.07) is 0. The van der Waals surface area contributed by atoms with Gasteiger partial charge in [-0.15, -0.1) is 0 Å². The molecule has 1 aliphatic carbocycles. The molecule has 4 heteroatoms. The van der Waals surface area contributed by atoms with Gasteiger partial charge in [0, 0.05) is 27.8 Å². The highest BCUT2D eigenvalue weighted by Crippen LogP contribution is 2.27. The highest BCUT2D eigenvalue weighted by molar-refractivity contribution is 5.82. The van der Waals surface area contributed by atoms with E-state index in [-0.39, 0.29) is 17.8 Å². The number of carbonyl (C=O) groups is 1. The van der Waals surface area contributed by atoms with E-state index >= 15 is 0 Å². The molecule has 82 valence electrons. The summed E-state index contributed by atoms with van der Waals surface area (Å²) in [6.07, 6.45) is 1.80. The van der Waals surface area contributed by atoms with E-state index in [0.717, 1.165) is 6.42 Å². The van der Waals surface area contributed by atoms with Crippen molar-refractivity contribution >= 4 is 5.78 Å². The van der Waals surface area contributed by atoms with Crippen LogP contribution in [-0.2, 0) is 19.0 Å². The monoisotopic (exact) mass is 202 g/mol. The Hall–Kier alpha value is -0.450. The van der Waals surface area contributed by atoms with Crippen LogP contribution < -0.4 is 0 Å². The number of ether oxygens (including phenoxy) is 3. The Labute approximate surface area is 84.5 Å². The van der Waals surface area contributed by atoms with Crippen molar-refractivity contribution in [1.82, 2.24) is 0 Å². The van der Waals surface area contributed by atoms with Gasteiger partial charge in [0.25, 0.3) is 0 Å². The summed E-state index contributed by atoms with van der Waals surface area (Å²) in [6.45, 7) is 0. The Kier molecular flexibility index (Phi) is 4.51. The standard InChI is InChI=1S/C10H18O4/c1-12-7-4-5-9(11)8(6-7)10(13-2)14-3/h7-8,10H,4-6H2,1-3H3/t7-,8+/m0/s1. The topological polar surface area (TPSA) is 44.8 Å². The first-order valence-corrected chi connectivity index (χ1v) is 4.84. The van der Waals surface area contributed by atoms with Gasteiger partial charge in [-0.05, 0) is 12.8 Å². The number of hydrogen-bond donors (Lipinski definition) is 0. The highest BCUT2D eigenvalue weighted by atomic mass is 16.7. The Bertz CT molecular complexity index is 189. The third-order valence-electron chi connectivity index (χ3n) is 2.77. The van der Waals surface area contributed by atoms with Crippen LogP contribution >= 0.6 is 0 Å². The maximum atomic E-state index is 11.6. The van der Waals surface area contributed by atoms with Crippen LogP contribution in [-0.4, -0.2) is 39.5 Å². The molecule has 0 N–H and O–H groups in total. The lowest BCUT2D eigenvalue weighted by molar-refractivity contribution is -0.166. The second-order valence-corrected chi connectivity index (χ2v) is 3.54. The van der Waals surface area contributed by atoms with Crippen LogP contribution in [0.15, 0.2) is 0 Å². The van der Waals surface area contributed by atoms with Crippen LogP contribution in [0.4, 0.5) is 0 Å². The van der Waals surface area contributed by atoms with Crippen LogP contribution in [0.5, 0.6) is 0 Å². The molecule has 0 aromatic heterocycles. The molecule has 0 spiro atoms. The molecule has 1 saturated carbocycles. The average Bonchev–Trinajstić information content (AvgIpc) is 2.22. The Morgan fingerprint density at radius 2 is 1.93 bits per heavy atom. The van der Waals surface area contributed by atoms with Crippen molar-refractivity contribution in [2.24, 2.45) is 5.92 Å². The molecular formula is C10H18O4. The van der Waals surface area contributed by atoms with Gasteiger partial charge in [-0.1, -0.05) is 0 Å². The number of methoxy groups -OCH3 is 3. The molecule has 1 fully saturated rings. The second kappa shape index (κ2) is 5.44. The van der Waals surface area contributed by atoms with E-state index in [1.807, 2.05) is 0 Å². The summed E-state index contributed by atoms with van der Waals surface area (Å²) < 4.78 is 15.5. The summed E-state index contributed by atoms with van der Waals surface area (Å²) in [5.74, 6) is 0.0377. The van der Waals surface area contributed by atoms with Crippen LogP contribution in [0.2, 0.25) is 0 Å². The fourth-order valence-electron chi connectivity index (χ4n) is 1.92. The second-order valence-electron chi connectivity index (χ2n) is 3.54. The fourth-order valence-corrected chi connectivity index (χ4v) is 1.92. The summed E-state index contributed by atoms with van der Waals surface area (Å²) in [7, 11) is 4.78. The number of rotatable bonds is 4. The maximum absolute atomic E-state index is 11.6. The first kappa shape index (κ1) is 11.6. The molecule has 0 aromatic carbocycles. The van der Waals surface area contributed by atoms with Crippen molar-refractivity contribution in [2.45, 2.75) is 31.7 Å². The van der Waals surface area contributed by atoms with Gasteiger partial charge in [0.05, 0.1) is 12.0 Å². The van der Waals surface area contributed by atoms with E-state index in [4.69, 9.17) is 14.2 Å². The smallest absolute Gasteiger partial charge is 0.166 e. The van der Waals surface area contributed by atoms with E-state index in [1.54, 1.807) is 21.3 Å². The normalized spacial score (nSPS) is 28.4. The SMILES string of the molecule is COC(OC)[C@@H]1C[C@@H](OC)CCC1=O. The molecule has 0 aliphatic heterocycles. The van der Waals surface area contributed by atoms with Gasteiger partial charge >= 0.3 is 0 Å². The fraction of sp³-hybridized carbons (Fsp3) is 0.900. The lowest BCUT2D eigenvalue weighted by atomic mass is 9.85. The molecule has 0 amide bonds. The average molecular weight is 202 g/mol.